The summed E-state index contributed by atoms with van der Waals surface area (Å²) in [6.07, 6.45) is 0. The first-order chi connectivity index (χ1) is 4.57. The van der Waals surface area contributed by atoms with Crippen LogP contribution in [-0.2, 0) is 0 Å². The van der Waals surface area contributed by atoms with Gasteiger partial charge in [0.05, 0.1) is 0 Å². The van der Waals surface area contributed by atoms with Crippen LogP contribution in [0.4, 0.5) is 0 Å². The largest absolute Gasteiger partial charge is 0.329 e. The lowest BCUT2D eigenvalue weighted by Crippen LogP contribution is -2.42. The van der Waals surface area contributed by atoms with E-state index in [9.17, 15) is 0 Å². The smallest absolute Gasteiger partial charge is 0.192 e. The van der Waals surface area contributed by atoms with Crippen LogP contribution >= 0.6 is 11.1 Å². The molecule has 0 atom stereocenters. The van der Waals surface area contributed by atoms with Gasteiger partial charge in [0.15, 0.2) is 18.8 Å². The van der Waals surface area contributed by atoms with Crippen LogP contribution in [0.5, 0.6) is 0 Å². The molecule has 0 fully saturated rings. The Bertz CT molecular complexity index is 89.7. The number of rotatable bonds is 4. The van der Waals surface area contributed by atoms with Crippen molar-refractivity contribution in [3.63, 3.8) is 0 Å². The molecule has 62 valence electrons. The van der Waals surface area contributed by atoms with E-state index in [2.05, 4.69) is 36.7 Å². The zero-order valence-corrected chi connectivity index (χ0v) is 10.8. The monoisotopic (exact) mass is 196 g/mol. The van der Waals surface area contributed by atoms with Gasteiger partial charge in [-0.1, -0.05) is 13.8 Å². The highest BCUT2D eigenvalue weighted by molar-refractivity contribution is 6.94. The molecule has 0 rings (SSSR count). The first kappa shape index (κ1) is 10.6. The fourth-order valence-corrected chi connectivity index (χ4v) is 5.04. The molecule has 0 saturated heterocycles. The van der Waals surface area contributed by atoms with Gasteiger partial charge < -0.3 is 8.80 Å². The van der Waals surface area contributed by atoms with E-state index < -0.39 is 8.99 Å². The van der Waals surface area contributed by atoms with E-state index in [-0.39, 0.29) is 9.84 Å². The summed E-state index contributed by atoms with van der Waals surface area (Å²) in [5.74, 6) is 0. The van der Waals surface area contributed by atoms with Gasteiger partial charge in [-0.15, -0.1) is 0 Å². The fraction of sp³-hybridized carbons (Fsp3) is 1.00. The molecule has 0 unspecified atom stereocenters. The van der Waals surface area contributed by atoms with E-state index in [1.807, 2.05) is 0 Å². The normalized spacial score (nSPS) is 14.4. The molecule has 0 aliphatic carbocycles. The second-order valence-electron chi connectivity index (χ2n) is 3.02. The van der Waals surface area contributed by atoms with E-state index in [0.29, 0.717) is 6.04 Å². The molecule has 0 aliphatic rings. The number of hydrogen-bond donors (Lipinski definition) is 0. The molecule has 0 radical (unpaired) electrons. The highest BCUT2D eigenvalue weighted by atomic mass is 35.6. The van der Waals surface area contributed by atoms with Crippen molar-refractivity contribution in [3.05, 3.63) is 0 Å². The molecule has 0 saturated carbocycles. The topological polar surface area (TPSA) is 6.48 Å². The molecule has 0 N–H and O–H groups in total. The van der Waals surface area contributed by atoms with Crippen LogP contribution < -0.4 is 0 Å². The Kier molecular flexibility index (Phi) is 5.66. The van der Waals surface area contributed by atoms with Gasteiger partial charge in [-0.2, -0.15) is 11.1 Å². The Morgan fingerprint density at radius 2 is 1.80 bits per heavy atom. The van der Waals surface area contributed by atoms with Gasteiger partial charge in [-0.25, -0.2) is 0 Å². The second kappa shape index (κ2) is 5.31. The Morgan fingerprint density at radius 3 is 1.90 bits per heavy atom. The van der Waals surface area contributed by atoms with Crippen LogP contribution in [0, 0.1) is 0 Å². The molecule has 0 aliphatic heterocycles. The third-order valence-electron chi connectivity index (χ3n) is 1.35. The summed E-state index contributed by atoms with van der Waals surface area (Å²) in [5.41, 5.74) is 0. The molecular formula is C5H17ClN2Si2. The Labute approximate surface area is 73.1 Å². The van der Waals surface area contributed by atoms with Crippen molar-refractivity contribution in [1.82, 2.24) is 8.80 Å². The molecule has 10 heavy (non-hydrogen) atoms. The lowest BCUT2D eigenvalue weighted by molar-refractivity contribution is 0.501. The summed E-state index contributed by atoms with van der Waals surface area (Å²) in [6, 6.07) is 0.651. The molecule has 2 nitrogen and oxygen atoms in total. The molecule has 0 heterocycles. The van der Waals surface area contributed by atoms with Crippen molar-refractivity contribution in [2.24, 2.45) is 0 Å². The lowest BCUT2D eigenvalue weighted by atomic mass is 10.4. The summed E-state index contributed by atoms with van der Waals surface area (Å²) >= 11 is 5.88. The highest BCUT2D eigenvalue weighted by Gasteiger charge is 2.08. The van der Waals surface area contributed by atoms with Crippen LogP contribution in [0.15, 0.2) is 0 Å². The summed E-state index contributed by atoms with van der Waals surface area (Å²) in [6.45, 7) is 4.43. The van der Waals surface area contributed by atoms with Gasteiger partial charge in [0.2, 0.25) is 0 Å². The van der Waals surface area contributed by atoms with Crippen molar-refractivity contribution < 1.29 is 0 Å². The van der Waals surface area contributed by atoms with Crippen LogP contribution in [0.2, 0.25) is 0 Å². The Balaban J connectivity index is 3.60. The highest BCUT2D eigenvalue weighted by Crippen LogP contribution is 1.95. The average molecular weight is 197 g/mol. The molecular weight excluding hydrogens is 180 g/mol. The van der Waals surface area contributed by atoms with Gasteiger partial charge in [-0.05, 0) is 20.1 Å². The van der Waals surface area contributed by atoms with Gasteiger partial charge in [0.25, 0.3) is 0 Å². The van der Waals surface area contributed by atoms with Crippen LogP contribution in [0.25, 0.3) is 0 Å². The third kappa shape index (κ3) is 4.46. The molecule has 0 aromatic heterocycles. The number of hydrogen-bond acceptors (Lipinski definition) is 2. The predicted octanol–water partition coefficient (Wildman–Crippen LogP) is -0.505. The molecule has 0 aromatic carbocycles. The summed E-state index contributed by atoms with van der Waals surface area (Å²) < 4.78 is 4.75. The maximum Gasteiger partial charge on any atom is 0.192 e. The van der Waals surface area contributed by atoms with Crippen LogP contribution in [0.1, 0.15) is 13.8 Å². The molecule has 0 bridgehead atoms. The first-order valence-corrected chi connectivity index (χ1v) is 7.56. The van der Waals surface area contributed by atoms with E-state index in [1.54, 1.807) is 0 Å². The lowest BCUT2D eigenvalue weighted by Gasteiger charge is -2.26. The predicted molar refractivity (Wildman–Crippen MR) is 53.6 cm³/mol. The van der Waals surface area contributed by atoms with E-state index in [0.717, 1.165) is 0 Å². The van der Waals surface area contributed by atoms with Gasteiger partial charge in [0, 0.05) is 0 Å². The van der Waals surface area contributed by atoms with Crippen LogP contribution in [-0.4, -0.2) is 47.8 Å². The van der Waals surface area contributed by atoms with Gasteiger partial charge in [0.1, 0.15) is 0 Å². The first-order valence-electron chi connectivity index (χ1n) is 3.52. The van der Waals surface area contributed by atoms with Crippen LogP contribution in [0.3, 0.4) is 0 Å². The van der Waals surface area contributed by atoms with E-state index in [1.165, 1.54) is 0 Å². The minimum atomic E-state index is -0.437. The minimum Gasteiger partial charge on any atom is -0.329 e. The zero-order chi connectivity index (χ0) is 8.15. The van der Waals surface area contributed by atoms with Crippen molar-refractivity contribution in [2.45, 2.75) is 19.9 Å². The van der Waals surface area contributed by atoms with E-state index in [4.69, 9.17) is 11.1 Å². The van der Waals surface area contributed by atoms with E-state index >= 15 is 0 Å². The average Bonchev–Trinajstić information content (AvgIpc) is 1.81. The van der Waals surface area contributed by atoms with Crippen molar-refractivity contribution >= 4 is 29.9 Å². The fourth-order valence-electron chi connectivity index (χ4n) is 0.702. The Morgan fingerprint density at radius 1 is 1.30 bits per heavy atom. The molecule has 0 amide bonds. The van der Waals surface area contributed by atoms with Crippen molar-refractivity contribution in [2.75, 3.05) is 14.1 Å². The molecule has 5 heteroatoms. The maximum atomic E-state index is 5.88. The summed E-state index contributed by atoms with van der Waals surface area (Å²) in [4.78, 5) is 0. The van der Waals surface area contributed by atoms with Gasteiger partial charge in [-0.3, -0.25) is 0 Å². The minimum absolute atomic E-state index is 0.191. The number of nitrogens with zero attached hydrogens (tertiary/aromatic N) is 2. The van der Waals surface area contributed by atoms with Gasteiger partial charge >= 0.3 is 0 Å². The SMILES string of the molecule is CC(C)N([SiH2]Cl)[SiH2]N(C)C. The second-order valence-corrected chi connectivity index (χ2v) is 8.05. The zero-order valence-electron chi connectivity index (χ0n) is 7.26. The molecule has 0 aromatic rings. The number of halogens is 1. The summed E-state index contributed by atoms with van der Waals surface area (Å²) in [7, 11) is 3.63. The van der Waals surface area contributed by atoms with Crippen molar-refractivity contribution in [3.8, 4) is 0 Å². The molecule has 0 spiro atoms. The standard InChI is InChI=1S/C5H17ClN2Si2/c1-5(2)8(9-6)10-7(3)4/h5H,9-10H2,1-4H3. The third-order valence-corrected chi connectivity index (χ3v) is 7.09. The van der Waals surface area contributed by atoms with Crippen molar-refractivity contribution in [1.29, 1.82) is 0 Å². The quantitative estimate of drug-likeness (QED) is 0.442. The Hall–Kier alpha value is 0.644. The summed E-state index contributed by atoms with van der Waals surface area (Å²) in [5, 5.41) is 0. The maximum absolute atomic E-state index is 5.88.